The van der Waals surface area contributed by atoms with Crippen LogP contribution in [0.3, 0.4) is 0 Å². The molecule has 3 N–H and O–H groups in total. The molecule has 1 aromatic rings. The van der Waals surface area contributed by atoms with Crippen molar-refractivity contribution < 1.29 is 10.0 Å². The average Bonchev–Trinajstić information content (AvgIpc) is 2.31. The molecule has 1 aromatic carbocycles. The molecule has 0 saturated heterocycles. The molecule has 0 amide bonds. The van der Waals surface area contributed by atoms with Crippen molar-refractivity contribution in [2.75, 3.05) is 6.54 Å². The monoisotopic (exact) mass is 268 g/mol. The molecule has 0 spiro atoms. The molecule has 0 heterocycles. The molecule has 96 valence electrons. The van der Waals surface area contributed by atoms with E-state index in [9.17, 15) is 15.2 Å². The predicted octanol–water partition coefficient (Wildman–Crippen LogP) is 1.12. The van der Waals surface area contributed by atoms with E-state index in [0.717, 1.165) is 0 Å². The zero-order valence-electron chi connectivity index (χ0n) is 9.58. The highest BCUT2D eigenvalue weighted by Crippen LogP contribution is 2.20. The Morgan fingerprint density at radius 2 is 2.39 bits per heavy atom. The van der Waals surface area contributed by atoms with Gasteiger partial charge in [0.25, 0.3) is 5.69 Å². The average molecular weight is 268 g/mol. The van der Waals surface area contributed by atoms with Crippen LogP contribution in [0.5, 0.6) is 5.75 Å². The summed E-state index contributed by atoms with van der Waals surface area (Å²) in [6.45, 7) is 2.54. The van der Waals surface area contributed by atoms with Crippen LogP contribution in [0.2, 0.25) is 0 Å². The lowest BCUT2D eigenvalue weighted by Gasteiger charge is -2.03. The Morgan fingerprint density at radius 1 is 1.67 bits per heavy atom. The van der Waals surface area contributed by atoms with E-state index in [1.807, 2.05) is 6.92 Å². The van der Waals surface area contributed by atoms with Gasteiger partial charge < -0.3 is 10.4 Å². The quantitative estimate of drug-likeness (QED) is 0.327. The first-order valence-corrected chi connectivity index (χ1v) is 5.49. The van der Waals surface area contributed by atoms with E-state index in [1.54, 1.807) is 0 Å². The minimum Gasteiger partial charge on any atom is -0.507 e. The van der Waals surface area contributed by atoms with Crippen LogP contribution in [-0.4, -0.2) is 27.9 Å². The highest BCUT2D eigenvalue weighted by atomic mass is 32.1. The number of thiocarbonyl (C=S) groups is 1. The number of hydrazone groups is 1. The Kier molecular flexibility index (Phi) is 5.00. The molecule has 0 aromatic heterocycles. The minimum absolute atomic E-state index is 0.0967. The van der Waals surface area contributed by atoms with Crippen molar-refractivity contribution >= 4 is 29.2 Å². The van der Waals surface area contributed by atoms with Gasteiger partial charge in [0.2, 0.25) is 0 Å². The van der Waals surface area contributed by atoms with Crippen molar-refractivity contribution in [3.63, 3.8) is 0 Å². The lowest BCUT2D eigenvalue weighted by Crippen LogP contribution is -2.31. The minimum atomic E-state index is -0.548. The van der Waals surface area contributed by atoms with Gasteiger partial charge in [-0.3, -0.25) is 15.5 Å². The van der Waals surface area contributed by atoms with Gasteiger partial charge in [-0.15, -0.1) is 0 Å². The first-order chi connectivity index (χ1) is 8.54. The van der Waals surface area contributed by atoms with Crippen LogP contribution in [-0.2, 0) is 0 Å². The number of aromatic hydroxyl groups is 1. The lowest BCUT2D eigenvalue weighted by molar-refractivity contribution is -0.384. The number of rotatable bonds is 4. The van der Waals surface area contributed by atoms with Gasteiger partial charge >= 0.3 is 0 Å². The van der Waals surface area contributed by atoms with Gasteiger partial charge in [0.1, 0.15) is 5.75 Å². The number of nitro groups is 1. The number of phenols is 1. The van der Waals surface area contributed by atoms with E-state index in [0.29, 0.717) is 11.7 Å². The van der Waals surface area contributed by atoms with Crippen LogP contribution < -0.4 is 10.7 Å². The number of phenolic OH excluding ortho intramolecular Hbond substituents is 1. The smallest absolute Gasteiger partial charge is 0.270 e. The summed E-state index contributed by atoms with van der Waals surface area (Å²) >= 11 is 4.86. The molecule has 1 rings (SSSR count). The fourth-order valence-corrected chi connectivity index (χ4v) is 1.32. The number of hydrogen-bond donors (Lipinski definition) is 3. The van der Waals surface area contributed by atoms with Crippen LogP contribution >= 0.6 is 12.2 Å². The van der Waals surface area contributed by atoms with Crippen molar-refractivity contribution in [2.45, 2.75) is 6.92 Å². The second kappa shape index (κ2) is 6.50. The zero-order chi connectivity index (χ0) is 13.5. The topological polar surface area (TPSA) is 99.8 Å². The molecule has 0 aliphatic carbocycles. The predicted molar refractivity (Wildman–Crippen MR) is 71.8 cm³/mol. The van der Waals surface area contributed by atoms with E-state index >= 15 is 0 Å². The second-order valence-electron chi connectivity index (χ2n) is 3.23. The van der Waals surface area contributed by atoms with Crippen LogP contribution in [0.25, 0.3) is 0 Å². The molecule has 8 heteroatoms. The van der Waals surface area contributed by atoms with E-state index in [4.69, 9.17) is 12.2 Å². The van der Waals surface area contributed by atoms with Crippen molar-refractivity contribution in [3.05, 3.63) is 33.9 Å². The molecule has 0 saturated carbocycles. The highest BCUT2D eigenvalue weighted by Gasteiger charge is 2.08. The third-order valence-corrected chi connectivity index (χ3v) is 2.16. The van der Waals surface area contributed by atoms with Gasteiger partial charge in [0.05, 0.1) is 11.1 Å². The van der Waals surface area contributed by atoms with Gasteiger partial charge in [-0.05, 0) is 25.2 Å². The second-order valence-corrected chi connectivity index (χ2v) is 3.64. The Balaban J connectivity index is 2.77. The normalized spacial score (nSPS) is 10.3. The Morgan fingerprint density at radius 3 is 3.00 bits per heavy atom. The van der Waals surface area contributed by atoms with Crippen molar-refractivity contribution in [2.24, 2.45) is 5.10 Å². The van der Waals surface area contributed by atoms with Crippen LogP contribution in [0.1, 0.15) is 12.5 Å². The molecular formula is C10H12N4O3S. The fourth-order valence-electron chi connectivity index (χ4n) is 1.12. The maximum Gasteiger partial charge on any atom is 0.270 e. The number of benzene rings is 1. The third kappa shape index (κ3) is 3.98. The van der Waals surface area contributed by atoms with E-state index < -0.39 is 4.92 Å². The number of nitrogens with one attached hydrogen (secondary N) is 2. The summed E-state index contributed by atoms with van der Waals surface area (Å²) in [5.74, 6) is -0.0967. The summed E-state index contributed by atoms with van der Waals surface area (Å²) in [5, 5.41) is 27.0. The number of nitrogens with zero attached hydrogens (tertiary/aromatic N) is 2. The lowest BCUT2D eigenvalue weighted by atomic mass is 10.2. The largest absolute Gasteiger partial charge is 0.507 e. The number of non-ortho nitro benzene ring substituents is 1. The summed E-state index contributed by atoms with van der Waals surface area (Å²) in [6, 6.07) is 3.67. The standard InChI is InChI=1S/C10H12N4O3S/c1-2-11-10(18)13-12-6-7-5-8(14(16)17)3-4-9(7)15/h3-6,15H,2H2,1H3,(H2,11,13,18)/b12-6-. The maximum atomic E-state index is 10.6. The van der Waals surface area contributed by atoms with Crippen LogP contribution in [0, 0.1) is 10.1 Å². The van der Waals surface area contributed by atoms with E-state index in [1.165, 1.54) is 24.4 Å². The maximum absolute atomic E-state index is 10.6. The Bertz CT molecular complexity index is 490. The van der Waals surface area contributed by atoms with Gasteiger partial charge in [-0.2, -0.15) is 5.10 Å². The van der Waals surface area contributed by atoms with Crippen molar-refractivity contribution in [1.82, 2.24) is 10.7 Å². The molecule has 0 aliphatic rings. The summed E-state index contributed by atoms with van der Waals surface area (Å²) in [6.07, 6.45) is 1.26. The highest BCUT2D eigenvalue weighted by molar-refractivity contribution is 7.80. The van der Waals surface area contributed by atoms with Crippen molar-refractivity contribution in [1.29, 1.82) is 0 Å². The molecule has 0 unspecified atom stereocenters. The molecule has 7 nitrogen and oxygen atoms in total. The number of nitro benzene ring substituents is 1. The molecule has 18 heavy (non-hydrogen) atoms. The van der Waals surface area contributed by atoms with E-state index in [-0.39, 0.29) is 17.0 Å². The zero-order valence-corrected chi connectivity index (χ0v) is 10.4. The summed E-state index contributed by atoms with van der Waals surface area (Å²) in [5.41, 5.74) is 2.63. The molecule has 0 bridgehead atoms. The summed E-state index contributed by atoms with van der Waals surface area (Å²) in [4.78, 5) is 10.0. The molecule has 0 atom stereocenters. The van der Waals surface area contributed by atoms with Crippen LogP contribution in [0.4, 0.5) is 5.69 Å². The van der Waals surface area contributed by atoms with Gasteiger partial charge in [0.15, 0.2) is 5.11 Å². The Labute approximate surface area is 109 Å². The first kappa shape index (κ1) is 13.8. The van der Waals surface area contributed by atoms with Crippen molar-refractivity contribution in [3.8, 4) is 5.75 Å². The van der Waals surface area contributed by atoms with Gasteiger partial charge in [-0.25, -0.2) is 0 Å². The molecular weight excluding hydrogens is 256 g/mol. The number of hydrogen-bond acceptors (Lipinski definition) is 5. The van der Waals surface area contributed by atoms with Gasteiger partial charge in [-0.1, -0.05) is 0 Å². The summed E-state index contributed by atoms with van der Waals surface area (Å²) < 4.78 is 0. The van der Waals surface area contributed by atoms with Crippen LogP contribution in [0.15, 0.2) is 23.3 Å². The third-order valence-electron chi connectivity index (χ3n) is 1.93. The fraction of sp³-hybridized carbons (Fsp3) is 0.200. The SMILES string of the molecule is CCNC(=S)N/N=C\c1cc([N+](=O)[O-])ccc1O. The first-order valence-electron chi connectivity index (χ1n) is 5.09. The van der Waals surface area contributed by atoms with Gasteiger partial charge in [0, 0.05) is 24.2 Å². The molecule has 0 fully saturated rings. The van der Waals surface area contributed by atoms with E-state index in [2.05, 4.69) is 15.8 Å². The summed E-state index contributed by atoms with van der Waals surface area (Å²) in [7, 11) is 0. The Hall–Kier alpha value is -2.22. The molecule has 0 aliphatic heterocycles. The molecule has 0 radical (unpaired) electrons.